The Hall–Kier alpha value is -3.95. The molecule has 1 N–H and O–H groups in total. The minimum atomic E-state index is -1.04. The van der Waals surface area contributed by atoms with E-state index in [1.54, 1.807) is 36.4 Å². The number of ketones is 1. The maximum atomic E-state index is 13.6. The van der Waals surface area contributed by atoms with Crippen LogP contribution in [-0.4, -0.2) is 35.0 Å². The topological polar surface area (TPSA) is 89.0 Å². The van der Waals surface area contributed by atoms with Gasteiger partial charge in [0.25, 0.3) is 5.78 Å². The standard InChI is InChI=1S/C29H24ClFN2O5S/c1-3-13-38-21-12-7-17(14-22(21)37-4-2)25-24(26(34)16-5-9-19(31)10-6-16)27(35)28(36)33(25)29-32-20-11-8-18(30)15-23(20)39-29/h5-12,14-15,25,34H,3-4,13H2,1-2H3/b26-24+. The number of rotatable bonds is 8. The van der Waals surface area contributed by atoms with Crippen LogP contribution < -0.4 is 14.4 Å². The Balaban J connectivity index is 1.71. The highest BCUT2D eigenvalue weighted by atomic mass is 35.5. The molecule has 2 heterocycles. The van der Waals surface area contributed by atoms with Gasteiger partial charge in [-0.15, -0.1) is 0 Å². The van der Waals surface area contributed by atoms with E-state index in [4.69, 9.17) is 21.1 Å². The van der Waals surface area contributed by atoms with Gasteiger partial charge in [-0.3, -0.25) is 14.5 Å². The van der Waals surface area contributed by atoms with Crippen LogP contribution in [0.5, 0.6) is 11.5 Å². The highest BCUT2D eigenvalue weighted by molar-refractivity contribution is 7.22. The molecule has 0 bridgehead atoms. The van der Waals surface area contributed by atoms with E-state index in [-0.39, 0.29) is 16.3 Å². The van der Waals surface area contributed by atoms with Gasteiger partial charge in [0.05, 0.1) is 35.0 Å². The molecule has 5 rings (SSSR count). The van der Waals surface area contributed by atoms with Crippen LogP contribution in [-0.2, 0) is 9.59 Å². The van der Waals surface area contributed by atoms with Crippen LogP contribution in [0.3, 0.4) is 0 Å². The first-order valence-electron chi connectivity index (χ1n) is 12.3. The van der Waals surface area contributed by atoms with Gasteiger partial charge in [-0.25, -0.2) is 9.37 Å². The molecule has 200 valence electrons. The molecular formula is C29H24ClFN2O5S. The highest BCUT2D eigenvalue weighted by Crippen LogP contribution is 2.46. The van der Waals surface area contributed by atoms with E-state index < -0.39 is 29.3 Å². The zero-order chi connectivity index (χ0) is 27.7. The van der Waals surface area contributed by atoms with Crippen molar-refractivity contribution >= 4 is 55.7 Å². The van der Waals surface area contributed by atoms with Gasteiger partial charge in [-0.2, -0.15) is 0 Å². The van der Waals surface area contributed by atoms with Gasteiger partial charge in [-0.05, 0) is 73.5 Å². The van der Waals surface area contributed by atoms with Gasteiger partial charge >= 0.3 is 5.91 Å². The number of aliphatic hydroxyl groups excluding tert-OH is 1. The van der Waals surface area contributed by atoms with Gasteiger partial charge in [0, 0.05) is 10.6 Å². The molecule has 39 heavy (non-hydrogen) atoms. The molecule has 1 saturated heterocycles. The molecule has 3 aromatic carbocycles. The summed E-state index contributed by atoms with van der Waals surface area (Å²) in [5, 5.41) is 12.1. The SMILES string of the molecule is CCCOc1ccc(C2/C(=C(\O)c3ccc(F)cc3)C(=O)C(=O)N2c2nc3ccc(Cl)cc3s2)cc1OCC. The molecule has 0 spiro atoms. The van der Waals surface area contributed by atoms with Crippen molar-refractivity contribution in [3.63, 3.8) is 0 Å². The van der Waals surface area contributed by atoms with E-state index in [9.17, 15) is 19.1 Å². The van der Waals surface area contributed by atoms with Gasteiger partial charge in [0.1, 0.15) is 11.6 Å². The van der Waals surface area contributed by atoms with Gasteiger partial charge < -0.3 is 14.6 Å². The fourth-order valence-corrected chi connectivity index (χ4v) is 5.66. The number of nitrogens with zero attached hydrogens (tertiary/aromatic N) is 2. The number of anilines is 1. The first-order chi connectivity index (χ1) is 18.8. The monoisotopic (exact) mass is 566 g/mol. The average Bonchev–Trinajstić information content (AvgIpc) is 3.45. The molecule has 0 aliphatic carbocycles. The summed E-state index contributed by atoms with van der Waals surface area (Å²) >= 11 is 7.36. The minimum Gasteiger partial charge on any atom is -0.507 e. The average molecular weight is 567 g/mol. The summed E-state index contributed by atoms with van der Waals surface area (Å²) in [5.41, 5.74) is 1.16. The number of aliphatic hydroxyl groups is 1. The number of thiazole rings is 1. The quantitative estimate of drug-likeness (QED) is 0.142. The number of Topliss-reactive ketones (excluding diaryl/α,β-unsaturated/α-hetero) is 1. The van der Waals surface area contributed by atoms with E-state index in [1.165, 1.54) is 40.5 Å². The number of fused-ring (bicyclic) bond motifs is 1. The maximum Gasteiger partial charge on any atom is 0.301 e. The Morgan fingerprint density at radius 2 is 1.82 bits per heavy atom. The molecule has 1 aromatic heterocycles. The molecule has 4 aromatic rings. The molecule has 1 amide bonds. The van der Waals surface area contributed by atoms with Crippen molar-refractivity contribution in [2.24, 2.45) is 0 Å². The van der Waals surface area contributed by atoms with Crippen LogP contribution in [0.4, 0.5) is 9.52 Å². The van der Waals surface area contributed by atoms with E-state index >= 15 is 0 Å². The molecule has 0 radical (unpaired) electrons. The van der Waals surface area contributed by atoms with E-state index in [2.05, 4.69) is 4.98 Å². The van der Waals surface area contributed by atoms with Crippen molar-refractivity contribution < 1.29 is 28.6 Å². The molecule has 7 nitrogen and oxygen atoms in total. The van der Waals surface area contributed by atoms with Crippen molar-refractivity contribution in [3.05, 3.63) is 88.2 Å². The lowest BCUT2D eigenvalue weighted by Crippen LogP contribution is -2.29. The summed E-state index contributed by atoms with van der Waals surface area (Å²) < 4.78 is 26.0. The van der Waals surface area contributed by atoms with Gasteiger partial charge in [-0.1, -0.05) is 35.9 Å². The number of hydrogen-bond donors (Lipinski definition) is 1. The van der Waals surface area contributed by atoms with Crippen LogP contribution in [0.2, 0.25) is 5.02 Å². The third kappa shape index (κ3) is 5.07. The number of amides is 1. The van der Waals surface area contributed by atoms with Crippen LogP contribution in [0.1, 0.15) is 37.4 Å². The van der Waals surface area contributed by atoms with Gasteiger partial charge in [0.2, 0.25) is 0 Å². The van der Waals surface area contributed by atoms with E-state index in [0.29, 0.717) is 40.8 Å². The first kappa shape index (κ1) is 26.6. The number of carbonyl (C=O) groups is 2. The third-order valence-corrected chi connectivity index (χ3v) is 7.40. The fourth-order valence-electron chi connectivity index (χ4n) is 4.39. The first-order valence-corrected chi connectivity index (χ1v) is 13.5. The Bertz CT molecular complexity index is 1600. The van der Waals surface area contributed by atoms with Crippen LogP contribution in [0.15, 0.2) is 66.2 Å². The number of carbonyl (C=O) groups excluding carboxylic acids is 2. The molecule has 1 aliphatic heterocycles. The number of benzene rings is 3. The molecule has 1 unspecified atom stereocenters. The predicted molar refractivity (Wildman–Crippen MR) is 149 cm³/mol. The second-order valence-corrected chi connectivity index (χ2v) is 10.2. The summed E-state index contributed by atoms with van der Waals surface area (Å²) in [4.78, 5) is 32.8. The second kappa shape index (κ2) is 11.0. The molecule has 10 heteroatoms. The van der Waals surface area contributed by atoms with Crippen LogP contribution in [0, 0.1) is 5.82 Å². The Kier molecular flexibility index (Phi) is 7.54. The summed E-state index contributed by atoms with van der Waals surface area (Å²) in [7, 11) is 0. The maximum absolute atomic E-state index is 13.6. The largest absolute Gasteiger partial charge is 0.507 e. The fraction of sp³-hybridized carbons (Fsp3) is 0.207. The lowest BCUT2D eigenvalue weighted by atomic mass is 9.95. The lowest BCUT2D eigenvalue weighted by molar-refractivity contribution is -0.132. The Labute approximate surface area is 233 Å². The molecule has 1 fully saturated rings. The zero-order valence-electron chi connectivity index (χ0n) is 21.1. The van der Waals surface area contributed by atoms with Crippen molar-refractivity contribution in [2.45, 2.75) is 26.3 Å². The number of halogens is 2. The van der Waals surface area contributed by atoms with Crippen LogP contribution >= 0.6 is 22.9 Å². The van der Waals surface area contributed by atoms with Crippen LogP contribution in [0.25, 0.3) is 16.0 Å². The highest BCUT2D eigenvalue weighted by Gasteiger charge is 2.48. The van der Waals surface area contributed by atoms with E-state index in [1.807, 2.05) is 13.8 Å². The second-order valence-electron chi connectivity index (χ2n) is 8.77. The number of ether oxygens (including phenoxy) is 2. The lowest BCUT2D eigenvalue weighted by Gasteiger charge is -2.24. The molecule has 1 atom stereocenters. The normalized spacial score (nSPS) is 16.7. The Morgan fingerprint density at radius 1 is 1.05 bits per heavy atom. The summed E-state index contributed by atoms with van der Waals surface area (Å²) in [6.45, 7) is 4.67. The number of aromatic nitrogens is 1. The minimum absolute atomic E-state index is 0.145. The summed E-state index contributed by atoms with van der Waals surface area (Å²) in [5.74, 6) is -1.70. The molecule has 0 saturated carbocycles. The summed E-state index contributed by atoms with van der Waals surface area (Å²) in [6, 6.07) is 14.3. The van der Waals surface area contributed by atoms with Crippen molar-refractivity contribution in [1.82, 2.24) is 4.98 Å². The van der Waals surface area contributed by atoms with E-state index in [0.717, 1.165) is 11.1 Å². The van der Waals surface area contributed by atoms with Crippen molar-refractivity contribution in [1.29, 1.82) is 0 Å². The van der Waals surface area contributed by atoms with Gasteiger partial charge in [0.15, 0.2) is 16.6 Å². The summed E-state index contributed by atoms with van der Waals surface area (Å²) in [6.07, 6.45) is 0.798. The molecule has 1 aliphatic rings. The van der Waals surface area contributed by atoms with Crippen molar-refractivity contribution in [3.8, 4) is 11.5 Å². The predicted octanol–water partition coefficient (Wildman–Crippen LogP) is 6.90. The Morgan fingerprint density at radius 3 is 2.54 bits per heavy atom. The smallest absolute Gasteiger partial charge is 0.301 e. The third-order valence-electron chi connectivity index (χ3n) is 6.15. The zero-order valence-corrected chi connectivity index (χ0v) is 22.7. The van der Waals surface area contributed by atoms with Crippen molar-refractivity contribution in [2.75, 3.05) is 18.1 Å². The molecular weight excluding hydrogens is 543 g/mol. The number of hydrogen-bond acceptors (Lipinski definition) is 7.